The molecule has 0 bridgehead atoms. The second kappa shape index (κ2) is 35.1. The van der Waals surface area contributed by atoms with Gasteiger partial charge < -0.3 is 28.5 Å². The second-order valence-electron chi connectivity index (χ2n) is 15.3. The molecule has 0 saturated carbocycles. The number of hydrogen-bond acceptors (Lipinski definition) is 7. The predicted octanol–water partition coefficient (Wildman–Crippen LogP) is 10.3. The summed E-state index contributed by atoms with van der Waals surface area (Å²) in [5.41, 5.74) is 0. The molecule has 0 aromatic rings. The summed E-state index contributed by atoms with van der Waals surface area (Å²) in [4.78, 5) is 36.9. The van der Waals surface area contributed by atoms with E-state index in [4.69, 9.17) is 18.9 Å². The van der Waals surface area contributed by atoms with Crippen LogP contribution in [0.25, 0.3) is 0 Å². The van der Waals surface area contributed by atoms with Crippen LogP contribution in [0.2, 0.25) is 0 Å². The van der Waals surface area contributed by atoms with Crippen LogP contribution in [-0.2, 0) is 33.3 Å². The van der Waals surface area contributed by atoms with Gasteiger partial charge in [0.2, 0.25) is 0 Å². The average molecular weight is 727 g/mol. The Kier molecular flexibility index (Phi) is 33.7. The van der Waals surface area contributed by atoms with Crippen molar-refractivity contribution in [1.29, 1.82) is 0 Å². The van der Waals surface area contributed by atoms with Crippen molar-refractivity contribution in [3.63, 3.8) is 0 Å². The molecule has 0 aromatic carbocycles. The summed E-state index contributed by atoms with van der Waals surface area (Å²) >= 11 is 0. The minimum Gasteiger partial charge on any atom is -0.477 e. The monoisotopic (exact) mass is 727 g/mol. The van der Waals surface area contributed by atoms with Gasteiger partial charge in [-0.3, -0.25) is 9.59 Å². The van der Waals surface area contributed by atoms with Gasteiger partial charge in [0.25, 0.3) is 6.29 Å². The first kappa shape index (κ1) is 49.0. The standard InChI is InChI=1S/C42H79NO8/c1-6-8-10-12-14-16-18-19-20-21-22-23-25-27-29-31-33-40(45)51-38(37-50-42(41(46)47)48-35-34-43(3,4)5)36-49-39(44)32-30-28-26-24-17-15-13-11-9-7-2/h20-21,38,42H,6-19,22-37H2,1-5H3/p+1/b21-20-. The summed E-state index contributed by atoms with van der Waals surface area (Å²) in [5, 5.41) is 9.60. The van der Waals surface area contributed by atoms with Crippen LogP contribution in [0.15, 0.2) is 12.2 Å². The van der Waals surface area contributed by atoms with Crippen molar-refractivity contribution in [3.8, 4) is 0 Å². The predicted molar refractivity (Wildman–Crippen MR) is 208 cm³/mol. The lowest BCUT2D eigenvalue weighted by Gasteiger charge is -2.25. The third kappa shape index (κ3) is 36.2. The highest BCUT2D eigenvalue weighted by Gasteiger charge is 2.25. The van der Waals surface area contributed by atoms with Gasteiger partial charge in [-0.1, -0.05) is 142 Å². The second-order valence-corrected chi connectivity index (χ2v) is 15.3. The Bertz CT molecular complexity index is 856. The topological polar surface area (TPSA) is 108 Å². The summed E-state index contributed by atoms with van der Waals surface area (Å²) in [6.45, 7) is 4.84. The fourth-order valence-electron chi connectivity index (χ4n) is 5.71. The zero-order chi connectivity index (χ0) is 37.8. The van der Waals surface area contributed by atoms with Crippen LogP contribution in [-0.4, -0.2) is 87.4 Å². The van der Waals surface area contributed by atoms with Gasteiger partial charge in [-0.2, -0.15) is 0 Å². The summed E-state index contributed by atoms with van der Waals surface area (Å²) in [6, 6.07) is 0. The number of hydrogen-bond donors (Lipinski definition) is 1. The van der Waals surface area contributed by atoms with Crippen LogP contribution in [0.1, 0.15) is 181 Å². The first-order chi connectivity index (χ1) is 24.6. The lowest BCUT2D eigenvalue weighted by molar-refractivity contribution is -0.870. The van der Waals surface area contributed by atoms with E-state index in [1.807, 2.05) is 21.1 Å². The molecule has 0 heterocycles. The van der Waals surface area contributed by atoms with E-state index in [-0.39, 0.29) is 32.2 Å². The van der Waals surface area contributed by atoms with Crippen LogP contribution in [0.3, 0.4) is 0 Å². The normalized spacial score (nSPS) is 13.0. The number of aliphatic carboxylic acids is 1. The molecule has 1 N–H and O–H groups in total. The first-order valence-electron chi connectivity index (χ1n) is 20.9. The Morgan fingerprint density at radius 2 is 1.00 bits per heavy atom. The highest BCUT2D eigenvalue weighted by atomic mass is 16.7. The molecule has 300 valence electrons. The van der Waals surface area contributed by atoms with E-state index < -0.39 is 24.3 Å². The molecule has 9 nitrogen and oxygen atoms in total. The molecule has 0 fully saturated rings. The number of carbonyl (C=O) groups excluding carboxylic acids is 2. The van der Waals surface area contributed by atoms with Crippen LogP contribution in [0, 0.1) is 0 Å². The van der Waals surface area contributed by atoms with E-state index >= 15 is 0 Å². The van der Waals surface area contributed by atoms with E-state index in [2.05, 4.69) is 26.0 Å². The quantitative estimate of drug-likeness (QED) is 0.0220. The molecule has 0 aliphatic carbocycles. The van der Waals surface area contributed by atoms with Crippen molar-refractivity contribution in [1.82, 2.24) is 0 Å². The van der Waals surface area contributed by atoms with Gasteiger partial charge in [-0.05, 0) is 38.5 Å². The van der Waals surface area contributed by atoms with Gasteiger partial charge in [0.05, 0.1) is 34.4 Å². The SMILES string of the molecule is CCCCCCCCC/C=C\CCCCCCCC(=O)OC(COC(=O)CCCCCCCCCCCC)COC(OCC[N+](C)(C)C)C(=O)O. The van der Waals surface area contributed by atoms with E-state index in [1.165, 1.54) is 96.3 Å². The Morgan fingerprint density at radius 3 is 1.45 bits per heavy atom. The molecule has 0 aromatic heterocycles. The van der Waals surface area contributed by atoms with E-state index in [0.717, 1.165) is 51.4 Å². The summed E-state index contributed by atoms with van der Waals surface area (Å²) in [7, 11) is 5.95. The Balaban J connectivity index is 4.47. The zero-order valence-corrected chi connectivity index (χ0v) is 33.8. The van der Waals surface area contributed by atoms with Crippen molar-refractivity contribution in [3.05, 3.63) is 12.2 Å². The number of rotatable bonds is 38. The number of carboxylic acid groups (broad SMARTS) is 1. The van der Waals surface area contributed by atoms with Crippen molar-refractivity contribution < 1.29 is 42.9 Å². The molecule has 0 spiro atoms. The van der Waals surface area contributed by atoms with Crippen LogP contribution < -0.4 is 0 Å². The maximum Gasteiger partial charge on any atom is 0.361 e. The highest BCUT2D eigenvalue weighted by molar-refractivity contribution is 5.71. The van der Waals surface area contributed by atoms with Gasteiger partial charge in [0.1, 0.15) is 13.2 Å². The molecule has 2 unspecified atom stereocenters. The number of ether oxygens (including phenoxy) is 4. The maximum atomic E-state index is 12.7. The molecule has 2 atom stereocenters. The van der Waals surface area contributed by atoms with Crippen molar-refractivity contribution in [2.75, 3.05) is 47.5 Å². The maximum absolute atomic E-state index is 12.7. The third-order valence-corrected chi connectivity index (χ3v) is 9.02. The third-order valence-electron chi connectivity index (χ3n) is 9.02. The van der Waals surface area contributed by atoms with Gasteiger partial charge in [0.15, 0.2) is 6.10 Å². The Hall–Kier alpha value is -1.97. The molecule has 0 aliphatic rings. The molecule has 0 radical (unpaired) electrons. The molecular weight excluding hydrogens is 646 g/mol. The highest BCUT2D eigenvalue weighted by Crippen LogP contribution is 2.14. The summed E-state index contributed by atoms with van der Waals surface area (Å²) in [6.07, 6.45) is 31.2. The molecule has 0 rings (SSSR count). The average Bonchev–Trinajstić information content (AvgIpc) is 3.08. The number of nitrogens with zero attached hydrogens (tertiary/aromatic N) is 1. The Labute approximate surface area is 313 Å². The number of carbonyl (C=O) groups is 3. The number of quaternary nitrogens is 1. The number of unbranched alkanes of at least 4 members (excludes halogenated alkanes) is 21. The van der Waals surface area contributed by atoms with Crippen LogP contribution in [0.5, 0.6) is 0 Å². The van der Waals surface area contributed by atoms with Crippen molar-refractivity contribution in [2.45, 2.75) is 193 Å². The summed E-state index contributed by atoms with van der Waals surface area (Å²) in [5.74, 6) is -2.01. The largest absolute Gasteiger partial charge is 0.477 e. The number of likely N-dealkylation sites (N-methyl/N-ethyl adjacent to an activating group) is 1. The minimum absolute atomic E-state index is 0.181. The van der Waals surface area contributed by atoms with Gasteiger partial charge in [-0.25, -0.2) is 4.79 Å². The zero-order valence-electron chi connectivity index (χ0n) is 33.8. The van der Waals surface area contributed by atoms with E-state index in [1.54, 1.807) is 0 Å². The minimum atomic E-state index is -1.50. The lowest BCUT2D eigenvalue weighted by Crippen LogP contribution is -2.40. The van der Waals surface area contributed by atoms with E-state index in [9.17, 15) is 19.5 Å². The fourth-order valence-corrected chi connectivity index (χ4v) is 5.71. The van der Waals surface area contributed by atoms with Gasteiger partial charge in [0, 0.05) is 12.8 Å². The van der Waals surface area contributed by atoms with E-state index in [0.29, 0.717) is 23.9 Å². The van der Waals surface area contributed by atoms with Gasteiger partial charge in [-0.15, -0.1) is 0 Å². The number of allylic oxidation sites excluding steroid dienone is 2. The molecule has 0 amide bonds. The smallest absolute Gasteiger partial charge is 0.361 e. The molecular formula is C42H80NO8+. The molecule has 0 aliphatic heterocycles. The van der Waals surface area contributed by atoms with Crippen molar-refractivity contribution >= 4 is 17.9 Å². The van der Waals surface area contributed by atoms with Gasteiger partial charge >= 0.3 is 17.9 Å². The summed E-state index contributed by atoms with van der Waals surface area (Å²) < 4.78 is 22.6. The van der Waals surface area contributed by atoms with Crippen molar-refractivity contribution in [2.24, 2.45) is 0 Å². The van der Waals surface area contributed by atoms with Crippen LogP contribution >= 0.6 is 0 Å². The number of carboxylic acids is 1. The molecule has 51 heavy (non-hydrogen) atoms. The number of esters is 2. The first-order valence-corrected chi connectivity index (χ1v) is 20.9. The molecule has 9 heteroatoms. The fraction of sp³-hybridized carbons (Fsp3) is 0.881. The van der Waals surface area contributed by atoms with Crippen LogP contribution in [0.4, 0.5) is 0 Å². The molecule has 0 saturated heterocycles. The lowest BCUT2D eigenvalue weighted by atomic mass is 10.1. The Morgan fingerprint density at radius 1 is 0.569 bits per heavy atom.